The molecule has 0 amide bonds. The Morgan fingerprint density at radius 2 is 2.00 bits per heavy atom. The maximum Gasteiger partial charge on any atom is 0.268 e. The summed E-state index contributed by atoms with van der Waals surface area (Å²) in [4.78, 5) is 13.7. The molecule has 21 heavy (non-hydrogen) atoms. The molecule has 2 rings (SSSR count). The molecule has 5 nitrogen and oxygen atoms in total. The normalized spacial score (nSPS) is 12.2. The average Bonchev–Trinajstić information content (AvgIpc) is 2.43. The Hall–Kier alpha value is -2.28. The van der Waals surface area contributed by atoms with Crippen molar-refractivity contribution in [3.05, 3.63) is 58.0 Å². The van der Waals surface area contributed by atoms with Crippen molar-refractivity contribution in [2.45, 2.75) is 12.6 Å². The van der Waals surface area contributed by atoms with Gasteiger partial charge < -0.3 is 10.6 Å². The van der Waals surface area contributed by atoms with Gasteiger partial charge in [0.1, 0.15) is 0 Å². The van der Waals surface area contributed by atoms with E-state index in [0.29, 0.717) is 11.3 Å². The highest BCUT2D eigenvalue weighted by Gasteiger charge is 2.12. The second kappa shape index (κ2) is 6.01. The molecule has 0 aliphatic carbocycles. The van der Waals surface area contributed by atoms with E-state index in [0.717, 1.165) is 12.1 Å². The Morgan fingerprint density at radius 1 is 1.29 bits per heavy atom. The molecule has 0 saturated heterocycles. The first-order valence-electron chi connectivity index (χ1n) is 6.33. The predicted octanol–water partition coefficient (Wildman–Crippen LogP) is 1.29. The van der Waals surface area contributed by atoms with Crippen molar-refractivity contribution in [2.24, 2.45) is 5.73 Å². The van der Waals surface area contributed by atoms with Crippen LogP contribution >= 0.6 is 0 Å². The van der Waals surface area contributed by atoms with Gasteiger partial charge in [0.2, 0.25) is 0 Å². The van der Waals surface area contributed by atoms with Crippen LogP contribution in [0.2, 0.25) is 0 Å². The van der Waals surface area contributed by atoms with Crippen molar-refractivity contribution in [1.29, 1.82) is 0 Å². The molecule has 1 atom stereocenters. The van der Waals surface area contributed by atoms with Crippen LogP contribution < -0.4 is 16.2 Å². The second-order valence-electron chi connectivity index (χ2n) is 4.91. The standard InChI is InChI=1S/C14H16F2N4O/c1-19(2)10-6-14(21)20(18-7-10)8-13(17)9-3-4-11(15)12(16)5-9/h3-7,13H,8,17H2,1-2H3. The Balaban J connectivity index is 2.21. The molecule has 1 heterocycles. The molecule has 0 bridgehead atoms. The lowest BCUT2D eigenvalue weighted by molar-refractivity contribution is 0.486. The maximum absolute atomic E-state index is 13.2. The van der Waals surface area contributed by atoms with Crippen molar-refractivity contribution in [1.82, 2.24) is 9.78 Å². The third-order valence-corrected chi connectivity index (χ3v) is 3.11. The molecule has 112 valence electrons. The Labute approximate surface area is 120 Å². The van der Waals surface area contributed by atoms with Crippen molar-refractivity contribution >= 4 is 5.69 Å². The van der Waals surface area contributed by atoms with Crippen LogP contribution in [0.3, 0.4) is 0 Å². The number of rotatable bonds is 4. The van der Waals surface area contributed by atoms with E-state index in [-0.39, 0.29) is 12.1 Å². The second-order valence-corrected chi connectivity index (χ2v) is 4.91. The third-order valence-electron chi connectivity index (χ3n) is 3.11. The molecule has 1 aromatic heterocycles. The zero-order valence-corrected chi connectivity index (χ0v) is 11.8. The maximum atomic E-state index is 13.2. The predicted molar refractivity (Wildman–Crippen MR) is 76.1 cm³/mol. The van der Waals surface area contributed by atoms with Crippen LogP contribution in [0.4, 0.5) is 14.5 Å². The zero-order chi connectivity index (χ0) is 15.6. The van der Waals surface area contributed by atoms with Crippen molar-refractivity contribution in [3.63, 3.8) is 0 Å². The first kappa shape index (κ1) is 15.1. The highest BCUT2D eigenvalue weighted by molar-refractivity contribution is 5.40. The number of nitrogens with two attached hydrogens (primary N) is 1. The van der Waals surface area contributed by atoms with Gasteiger partial charge in [-0.2, -0.15) is 5.10 Å². The summed E-state index contributed by atoms with van der Waals surface area (Å²) in [6.45, 7) is 0.0810. The topological polar surface area (TPSA) is 64.2 Å². The minimum Gasteiger partial charge on any atom is -0.376 e. The quantitative estimate of drug-likeness (QED) is 0.923. The minimum atomic E-state index is -0.966. The van der Waals surface area contributed by atoms with Gasteiger partial charge in [0.15, 0.2) is 11.6 Å². The van der Waals surface area contributed by atoms with E-state index in [2.05, 4.69) is 5.10 Å². The van der Waals surface area contributed by atoms with E-state index < -0.39 is 17.7 Å². The molecular formula is C14H16F2N4O. The van der Waals surface area contributed by atoms with Gasteiger partial charge in [-0.3, -0.25) is 4.79 Å². The largest absolute Gasteiger partial charge is 0.376 e. The lowest BCUT2D eigenvalue weighted by atomic mass is 10.1. The Bertz CT molecular complexity index is 700. The molecule has 2 aromatic rings. The van der Waals surface area contributed by atoms with E-state index in [4.69, 9.17) is 5.73 Å². The van der Waals surface area contributed by atoms with Gasteiger partial charge in [0, 0.05) is 26.2 Å². The minimum absolute atomic E-state index is 0.0810. The molecule has 2 N–H and O–H groups in total. The summed E-state index contributed by atoms with van der Waals surface area (Å²) in [5.41, 5.74) is 6.69. The fourth-order valence-corrected chi connectivity index (χ4v) is 1.84. The van der Waals surface area contributed by atoms with Gasteiger partial charge in [0.25, 0.3) is 5.56 Å². The monoisotopic (exact) mass is 294 g/mol. The molecule has 0 saturated carbocycles. The van der Waals surface area contributed by atoms with Crippen LogP contribution in [0.15, 0.2) is 35.3 Å². The summed E-state index contributed by atoms with van der Waals surface area (Å²) < 4.78 is 27.3. The highest BCUT2D eigenvalue weighted by atomic mass is 19.2. The van der Waals surface area contributed by atoms with Crippen LogP contribution in [-0.2, 0) is 6.54 Å². The molecule has 0 radical (unpaired) electrons. The number of hydrogen-bond acceptors (Lipinski definition) is 4. The third kappa shape index (κ3) is 3.43. The van der Waals surface area contributed by atoms with Crippen molar-refractivity contribution in [3.8, 4) is 0 Å². The van der Waals surface area contributed by atoms with Gasteiger partial charge in [0.05, 0.1) is 18.4 Å². The summed E-state index contributed by atoms with van der Waals surface area (Å²) in [6, 6.07) is 4.21. The van der Waals surface area contributed by atoms with Gasteiger partial charge in [-0.1, -0.05) is 6.07 Å². The highest BCUT2D eigenvalue weighted by Crippen LogP contribution is 2.15. The molecule has 1 aromatic carbocycles. The fourth-order valence-electron chi connectivity index (χ4n) is 1.84. The summed E-state index contributed by atoms with van der Waals surface area (Å²) in [6.07, 6.45) is 1.54. The average molecular weight is 294 g/mol. The van der Waals surface area contributed by atoms with E-state index in [9.17, 15) is 13.6 Å². The van der Waals surface area contributed by atoms with Crippen LogP contribution in [0.25, 0.3) is 0 Å². The number of aromatic nitrogens is 2. The molecule has 7 heteroatoms. The fraction of sp³-hybridized carbons (Fsp3) is 0.286. The summed E-state index contributed by atoms with van der Waals surface area (Å²) in [7, 11) is 3.60. The van der Waals surface area contributed by atoms with Gasteiger partial charge in [-0.05, 0) is 17.7 Å². The molecule has 1 unspecified atom stereocenters. The molecule has 0 aliphatic heterocycles. The Morgan fingerprint density at radius 3 is 2.57 bits per heavy atom. The van der Waals surface area contributed by atoms with Gasteiger partial charge >= 0.3 is 0 Å². The lowest BCUT2D eigenvalue weighted by Crippen LogP contribution is -2.29. The SMILES string of the molecule is CN(C)c1cnn(CC(N)c2ccc(F)c(F)c2)c(=O)c1. The summed E-state index contributed by atoms with van der Waals surface area (Å²) in [5, 5.41) is 4.02. The van der Waals surface area contributed by atoms with E-state index in [1.807, 2.05) is 0 Å². The molecule has 0 fully saturated rings. The van der Waals surface area contributed by atoms with Crippen LogP contribution in [0, 0.1) is 11.6 Å². The number of anilines is 1. The van der Waals surface area contributed by atoms with Crippen LogP contribution in [0.5, 0.6) is 0 Å². The van der Waals surface area contributed by atoms with E-state index in [1.54, 1.807) is 25.2 Å². The number of benzene rings is 1. The van der Waals surface area contributed by atoms with Crippen molar-refractivity contribution < 1.29 is 8.78 Å². The van der Waals surface area contributed by atoms with Crippen LogP contribution in [-0.4, -0.2) is 23.9 Å². The first-order valence-corrected chi connectivity index (χ1v) is 6.33. The molecular weight excluding hydrogens is 278 g/mol. The molecule has 0 aliphatic rings. The summed E-state index contributed by atoms with van der Waals surface area (Å²) in [5.74, 6) is -1.90. The van der Waals surface area contributed by atoms with Crippen LogP contribution in [0.1, 0.15) is 11.6 Å². The summed E-state index contributed by atoms with van der Waals surface area (Å²) >= 11 is 0. The van der Waals surface area contributed by atoms with E-state index >= 15 is 0 Å². The molecule has 0 spiro atoms. The van der Waals surface area contributed by atoms with Gasteiger partial charge in [-0.25, -0.2) is 13.5 Å². The number of hydrogen-bond donors (Lipinski definition) is 1. The smallest absolute Gasteiger partial charge is 0.268 e. The zero-order valence-electron chi connectivity index (χ0n) is 11.8. The number of halogens is 2. The van der Waals surface area contributed by atoms with Gasteiger partial charge in [-0.15, -0.1) is 0 Å². The number of nitrogens with zero attached hydrogens (tertiary/aromatic N) is 3. The first-order chi connectivity index (χ1) is 9.88. The lowest BCUT2D eigenvalue weighted by Gasteiger charge is -2.15. The Kier molecular flexibility index (Phi) is 4.32. The van der Waals surface area contributed by atoms with E-state index in [1.165, 1.54) is 16.8 Å². The van der Waals surface area contributed by atoms with Crippen molar-refractivity contribution in [2.75, 3.05) is 19.0 Å².